The van der Waals surface area contributed by atoms with Crippen LogP contribution >= 0.6 is 0 Å². The topological polar surface area (TPSA) is 58.5 Å². The second kappa shape index (κ2) is 6.40. The smallest absolute Gasteiger partial charge is 0.151 e. The fourth-order valence-corrected chi connectivity index (χ4v) is 1.42. The van der Waals surface area contributed by atoms with Crippen LogP contribution in [0.3, 0.4) is 0 Å². The van der Waals surface area contributed by atoms with Gasteiger partial charge in [0.05, 0.1) is 18.9 Å². The van der Waals surface area contributed by atoms with Crippen LogP contribution < -0.4 is 4.90 Å². The molecule has 0 amide bonds. The highest BCUT2D eigenvalue weighted by Crippen LogP contribution is 2.12. The first-order valence-corrected chi connectivity index (χ1v) is 5.38. The van der Waals surface area contributed by atoms with Crippen LogP contribution in [0.4, 0.5) is 5.82 Å². The number of hydrogen-bond acceptors (Lipinski definition) is 5. The number of methoxy groups -OCH3 is 1. The van der Waals surface area contributed by atoms with E-state index in [1.807, 2.05) is 6.07 Å². The lowest BCUT2D eigenvalue weighted by atomic mass is 10.3. The SMILES string of the molecule is COCCN(c1ccc(CO)nn1)C(C)C. The van der Waals surface area contributed by atoms with Crippen LogP contribution in [0.5, 0.6) is 0 Å². The van der Waals surface area contributed by atoms with E-state index in [1.165, 1.54) is 0 Å². The van der Waals surface area contributed by atoms with Crippen molar-refractivity contribution in [1.29, 1.82) is 0 Å². The zero-order chi connectivity index (χ0) is 12.0. The molecule has 0 spiro atoms. The molecule has 0 bridgehead atoms. The lowest BCUT2D eigenvalue weighted by Crippen LogP contribution is -2.34. The quantitative estimate of drug-likeness (QED) is 0.777. The summed E-state index contributed by atoms with van der Waals surface area (Å²) in [5.41, 5.74) is 0.583. The highest BCUT2D eigenvalue weighted by atomic mass is 16.5. The van der Waals surface area contributed by atoms with E-state index < -0.39 is 0 Å². The summed E-state index contributed by atoms with van der Waals surface area (Å²) in [5.74, 6) is 0.809. The van der Waals surface area contributed by atoms with E-state index in [2.05, 4.69) is 28.9 Å². The third kappa shape index (κ3) is 3.43. The number of anilines is 1. The van der Waals surface area contributed by atoms with Crippen LogP contribution in [0.25, 0.3) is 0 Å². The van der Waals surface area contributed by atoms with Crippen LogP contribution in [0.2, 0.25) is 0 Å². The van der Waals surface area contributed by atoms with Crippen molar-refractivity contribution in [3.8, 4) is 0 Å². The van der Waals surface area contributed by atoms with Crippen molar-refractivity contribution in [3.05, 3.63) is 17.8 Å². The third-order valence-corrected chi connectivity index (χ3v) is 2.32. The van der Waals surface area contributed by atoms with Gasteiger partial charge in [0.25, 0.3) is 0 Å². The molecule has 5 nitrogen and oxygen atoms in total. The van der Waals surface area contributed by atoms with Gasteiger partial charge in [0.15, 0.2) is 5.82 Å². The molecule has 16 heavy (non-hydrogen) atoms. The maximum atomic E-state index is 8.88. The van der Waals surface area contributed by atoms with Gasteiger partial charge in [-0.3, -0.25) is 0 Å². The van der Waals surface area contributed by atoms with Gasteiger partial charge in [-0.2, -0.15) is 5.10 Å². The Balaban J connectivity index is 2.75. The molecular formula is C11H19N3O2. The molecule has 0 saturated carbocycles. The zero-order valence-electron chi connectivity index (χ0n) is 10.1. The standard InChI is InChI=1S/C11H19N3O2/c1-9(2)14(6-7-16-3)11-5-4-10(8-15)12-13-11/h4-5,9,15H,6-8H2,1-3H3. The molecule has 0 aliphatic rings. The predicted molar refractivity (Wildman–Crippen MR) is 62.3 cm³/mol. The molecule has 0 atom stereocenters. The largest absolute Gasteiger partial charge is 0.390 e. The molecule has 1 rings (SSSR count). The first kappa shape index (κ1) is 12.9. The van der Waals surface area contributed by atoms with Crippen molar-refractivity contribution in [2.24, 2.45) is 0 Å². The molecule has 0 saturated heterocycles. The van der Waals surface area contributed by atoms with Crippen molar-refractivity contribution >= 4 is 5.82 Å². The van der Waals surface area contributed by atoms with Crippen molar-refractivity contribution in [3.63, 3.8) is 0 Å². The van der Waals surface area contributed by atoms with Gasteiger partial charge in [-0.1, -0.05) is 0 Å². The van der Waals surface area contributed by atoms with Gasteiger partial charge in [-0.05, 0) is 26.0 Å². The van der Waals surface area contributed by atoms with Gasteiger partial charge in [0.1, 0.15) is 0 Å². The summed E-state index contributed by atoms with van der Waals surface area (Å²) in [6, 6.07) is 3.99. The number of ether oxygens (including phenoxy) is 1. The van der Waals surface area contributed by atoms with Gasteiger partial charge in [-0.15, -0.1) is 5.10 Å². The maximum Gasteiger partial charge on any atom is 0.151 e. The molecule has 0 aliphatic carbocycles. The first-order valence-electron chi connectivity index (χ1n) is 5.38. The average Bonchev–Trinajstić information content (AvgIpc) is 2.30. The molecule has 1 N–H and O–H groups in total. The first-order chi connectivity index (χ1) is 7.69. The van der Waals surface area contributed by atoms with Crippen molar-refractivity contribution in [2.45, 2.75) is 26.5 Å². The Morgan fingerprint density at radius 1 is 1.38 bits per heavy atom. The number of nitrogens with zero attached hydrogens (tertiary/aromatic N) is 3. The number of aromatic nitrogens is 2. The van der Waals surface area contributed by atoms with Gasteiger partial charge >= 0.3 is 0 Å². The molecule has 5 heteroatoms. The molecule has 0 radical (unpaired) electrons. The van der Waals surface area contributed by atoms with Crippen LogP contribution in [0.15, 0.2) is 12.1 Å². The summed E-state index contributed by atoms with van der Waals surface area (Å²) in [4.78, 5) is 2.11. The maximum absolute atomic E-state index is 8.88. The molecule has 0 aromatic carbocycles. The van der Waals surface area contributed by atoms with Crippen molar-refractivity contribution < 1.29 is 9.84 Å². The summed E-state index contributed by atoms with van der Waals surface area (Å²) in [6.07, 6.45) is 0. The highest BCUT2D eigenvalue weighted by Gasteiger charge is 2.11. The fourth-order valence-electron chi connectivity index (χ4n) is 1.42. The minimum atomic E-state index is -0.0764. The van der Waals surface area contributed by atoms with Crippen LogP contribution in [-0.4, -0.2) is 41.6 Å². The summed E-state index contributed by atoms with van der Waals surface area (Å²) in [5, 5.41) is 16.9. The average molecular weight is 225 g/mol. The van der Waals surface area contributed by atoms with E-state index in [0.29, 0.717) is 18.3 Å². The summed E-state index contributed by atoms with van der Waals surface area (Å²) >= 11 is 0. The van der Waals surface area contributed by atoms with E-state index in [9.17, 15) is 0 Å². The Morgan fingerprint density at radius 3 is 2.56 bits per heavy atom. The Kier molecular flexibility index (Phi) is 5.14. The predicted octanol–water partition coefficient (Wildman–Crippen LogP) is 0.830. The van der Waals surface area contributed by atoms with Crippen LogP contribution in [-0.2, 0) is 11.3 Å². The second-order valence-electron chi connectivity index (χ2n) is 3.82. The molecule has 0 unspecified atom stereocenters. The zero-order valence-corrected chi connectivity index (χ0v) is 10.1. The Hall–Kier alpha value is -1.20. The molecule has 90 valence electrons. The fraction of sp³-hybridized carbons (Fsp3) is 0.636. The van der Waals surface area contributed by atoms with E-state index >= 15 is 0 Å². The van der Waals surface area contributed by atoms with Crippen molar-refractivity contribution in [2.75, 3.05) is 25.2 Å². The monoisotopic (exact) mass is 225 g/mol. The highest BCUT2D eigenvalue weighted by molar-refractivity contribution is 5.38. The van der Waals surface area contributed by atoms with Gasteiger partial charge in [0.2, 0.25) is 0 Å². The number of hydrogen-bond donors (Lipinski definition) is 1. The Labute approximate surface area is 96.1 Å². The van der Waals surface area contributed by atoms with Gasteiger partial charge in [-0.25, -0.2) is 0 Å². The van der Waals surface area contributed by atoms with E-state index in [0.717, 1.165) is 12.4 Å². The van der Waals surface area contributed by atoms with E-state index in [-0.39, 0.29) is 6.61 Å². The second-order valence-corrected chi connectivity index (χ2v) is 3.82. The third-order valence-electron chi connectivity index (χ3n) is 2.32. The Bertz CT molecular complexity index is 301. The van der Waals surface area contributed by atoms with Crippen LogP contribution in [0.1, 0.15) is 19.5 Å². The molecular weight excluding hydrogens is 206 g/mol. The molecule has 0 fully saturated rings. The number of aliphatic hydroxyl groups excluding tert-OH is 1. The lowest BCUT2D eigenvalue weighted by Gasteiger charge is -2.26. The molecule has 1 heterocycles. The Morgan fingerprint density at radius 2 is 2.12 bits per heavy atom. The van der Waals surface area contributed by atoms with E-state index in [4.69, 9.17) is 9.84 Å². The van der Waals surface area contributed by atoms with Gasteiger partial charge < -0.3 is 14.7 Å². The minimum Gasteiger partial charge on any atom is -0.390 e. The lowest BCUT2D eigenvalue weighted by molar-refractivity contribution is 0.203. The van der Waals surface area contributed by atoms with E-state index in [1.54, 1.807) is 13.2 Å². The molecule has 1 aromatic heterocycles. The number of aliphatic hydroxyl groups is 1. The van der Waals surface area contributed by atoms with Crippen molar-refractivity contribution in [1.82, 2.24) is 10.2 Å². The van der Waals surface area contributed by atoms with Gasteiger partial charge in [0, 0.05) is 19.7 Å². The normalized spacial score (nSPS) is 10.8. The van der Waals surface area contributed by atoms with Crippen LogP contribution in [0, 0.1) is 0 Å². The molecule has 0 aliphatic heterocycles. The minimum absolute atomic E-state index is 0.0764. The summed E-state index contributed by atoms with van der Waals surface area (Å²) in [6.45, 7) is 5.55. The molecule has 1 aromatic rings. The summed E-state index contributed by atoms with van der Waals surface area (Å²) in [7, 11) is 1.68. The summed E-state index contributed by atoms with van der Waals surface area (Å²) < 4.78 is 5.06. The number of rotatable bonds is 6.